The summed E-state index contributed by atoms with van der Waals surface area (Å²) in [6.45, 7) is 8.69. The Hall–Kier alpha value is -2.40. The first-order valence-corrected chi connectivity index (χ1v) is 12.9. The van der Waals surface area contributed by atoms with Crippen LogP contribution in [0.25, 0.3) is 0 Å². The van der Waals surface area contributed by atoms with Crippen molar-refractivity contribution in [3.05, 3.63) is 18.2 Å². The van der Waals surface area contributed by atoms with E-state index in [-0.39, 0.29) is 57.5 Å². The number of aromatic hydroxyl groups is 2. The number of carbonyl (C=O) groups is 2. The highest BCUT2D eigenvalue weighted by Gasteiger charge is 2.70. The Morgan fingerprint density at radius 3 is 2.30 bits per heavy atom. The Bertz CT molecular complexity index is 1070. The number of aliphatic hydroxyl groups is 3. The molecule has 10 nitrogen and oxygen atoms in total. The van der Waals surface area contributed by atoms with Crippen molar-refractivity contribution in [2.45, 2.75) is 83.8 Å². The molecule has 1 aliphatic heterocycles. The van der Waals surface area contributed by atoms with Crippen molar-refractivity contribution < 1.29 is 49.3 Å². The molecule has 3 saturated carbocycles. The van der Waals surface area contributed by atoms with Gasteiger partial charge in [-0.1, -0.05) is 27.7 Å². The molecule has 0 aromatic heterocycles. The maximum absolute atomic E-state index is 13.5. The summed E-state index contributed by atoms with van der Waals surface area (Å²) in [5.74, 6) is -1.96. The minimum atomic E-state index is -1.83. The van der Waals surface area contributed by atoms with Gasteiger partial charge in [-0.15, -0.1) is 0 Å². The molecule has 0 spiro atoms. The number of hydrogen-bond donors (Lipinski definition) is 5. The average molecular weight is 521 g/mol. The number of rotatable bonds is 4. The second-order valence-corrected chi connectivity index (χ2v) is 12.3. The number of phenols is 2. The highest BCUT2D eigenvalue weighted by Crippen LogP contribution is 2.68. The van der Waals surface area contributed by atoms with Crippen LogP contribution in [0, 0.1) is 34.5 Å². The van der Waals surface area contributed by atoms with Crippen LogP contribution in [0.15, 0.2) is 18.2 Å². The van der Waals surface area contributed by atoms with E-state index in [9.17, 15) is 35.1 Å². The fourth-order valence-corrected chi connectivity index (χ4v) is 7.42. The van der Waals surface area contributed by atoms with E-state index in [1.807, 2.05) is 0 Å². The molecule has 4 aliphatic rings. The van der Waals surface area contributed by atoms with E-state index in [1.54, 1.807) is 0 Å². The van der Waals surface area contributed by atoms with Gasteiger partial charge < -0.3 is 39.7 Å². The standard InChI is InChI=1S/C27H36O10/c1-11-16-15-10-26(2,3)5-6-27(11,4)17(15)18(30)22(16)36-24(34)23-20(32)19(31)21(33)25(37-23)35-14-8-12(28)7-13(29)9-14/h7-9,11,15-17,19-23,25,28-29,31-33H,5-6,10H2,1-4H3. The van der Waals surface area contributed by atoms with Crippen molar-refractivity contribution in [3.8, 4) is 17.2 Å². The third-order valence-corrected chi connectivity index (χ3v) is 9.49. The monoisotopic (exact) mass is 520 g/mol. The van der Waals surface area contributed by atoms with Crippen LogP contribution in [0.5, 0.6) is 17.2 Å². The van der Waals surface area contributed by atoms with Crippen LogP contribution < -0.4 is 4.74 Å². The maximum atomic E-state index is 13.5. The molecule has 4 fully saturated rings. The van der Waals surface area contributed by atoms with E-state index < -0.39 is 42.8 Å². The number of ketones is 1. The molecule has 11 unspecified atom stereocenters. The lowest BCUT2D eigenvalue weighted by Crippen LogP contribution is -2.62. The summed E-state index contributed by atoms with van der Waals surface area (Å²) >= 11 is 0. The summed E-state index contributed by atoms with van der Waals surface area (Å²) < 4.78 is 16.7. The number of ether oxygens (including phenoxy) is 3. The van der Waals surface area contributed by atoms with Crippen LogP contribution in [0.2, 0.25) is 0 Å². The topological polar surface area (TPSA) is 163 Å². The normalized spacial score (nSPS) is 44.4. The minimum Gasteiger partial charge on any atom is -0.508 e. The van der Waals surface area contributed by atoms with Gasteiger partial charge in [-0.25, -0.2) is 4.79 Å². The zero-order valence-corrected chi connectivity index (χ0v) is 21.4. The molecule has 10 heteroatoms. The van der Waals surface area contributed by atoms with Crippen LogP contribution in [0.4, 0.5) is 0 Å². The fourth-order valence-electron chi connectivity index (χ4n) is 7.42. The van der Waals surface area contributed by atoms with Gasteiger partial charge in [0.05, 0.1) is 0 Å². The first kappa shape index (κ1) is 26.2. The molecule has 1 aromatic carbocycles. The summed E-state index contributed by atoms with van der Waals surface area (Å²) in [4.78, 5) is 26.8. The summed E-state index contributed by atoms with van der Waals surface area (Å²) in [5, 5.41) is 50.6. The van der Waals surface area contributed by atoms with Crippen molar-refractivity contribution in [1.82, 2.24) is 0 Å². The van der Waals surface area contributed by atoms with Crippen LogP contribution in [-0.4, -0.2) is 74.1 Å². The quantitative estimate of drug-likeness (QED) is 0.368. The lowest BCUT2D eigenvalue weighted by molar-refractivity contribution is -0.274. The van der Waals surface area contributed by atoms with Crippen LogP contribution >= 0.6 is 0 Å². The molecule has 0 radical (unpaired) electrons. The van der Waals surface area contributed by atoms with Gasteiger partial charge in [-0.2, -0.15) is 0 Å². The Balaban J connectivity index is 1.34. The summed E-state index contributed by atoms with van der Waals surface area (Å²) in [7, 11) is 0. The number of phenolic OH excluding ortho intramolecular Hbond substituents is 2. The molecule has 1 heterocycles. The lowest BCUT2D eigenvalue weighted by atomic mass is 9.63. The van der Waals surface area contributed by atoms with Gasteiger partial charge in [0.25, 0.3) is 0 Å². The predicted octanol–water partition coefficient (Wildman–Crippen LogP) is 1.49. The molecule has 204 valence electrons. The van der Waals surface area contributed by atoms with E-state index in [0.29, 0.717) is 0 Å². The number of Topliss-reactive ketones (excluding diaryl/α,β-unsaturated/α-hetero) is 1. The minimum absolute atomic E-state index is 0.0754. The molecule has 5 rings (SSSR count). The molecule has 11 atom stereocenters. The van der Waals surface area contributed by atoms with Crippen molar-refractivity contribution in [2.24, 2.45) is 34.5 Å². The number of carbonyl (C=O) groups excluding carboxylic acids is 2. The van der Waals surface area contributed by atoms with E-state index in [4.69, 9.17) is 14.2 Å². The number of benzene rings is 1. The number of hydrogen-bond acceptors (Lipinski definition) is 10. The van der Waals surface area contributed by atoms with E-state index in [1.165, 1.54) is 0 Å². The predicted molar refractivity (Wildman–Crippen MR) is 127 cm³/mol. The van der Waals surface area contributed by atoms with Gasteiger partial charge in [0.15, 0.2) is 18.0 Å². The van der Waals surface area contributed by atoms with Crippen molar-refractivity contribution in [1.29, 1.82) is 0 Å². The Kier molecular flexibility index (Phi) is 6.26. The molecular weight excluding hydrogens is 484 g/mol. The third kappa shape index (κ3) is 4.18. The Morgan fingerprint density at radius 1 is 1.00 bits per heavy atom. The van der Waals surface area contributed by atoms with Crippen molar-refractivity contribution in [2.75, 3.05) is 0 Å². The molecule has 37 heavy (non-hydrogen) atoms. The largest absolute Gasteiger partial charge is 0.508 e. The van der Waals surface area contributed by atoms with Crippen LogP contribution in [0.1, 0.15) is 47.0 Å². The molecule has 5 N–H and O–H groups in total. The molecule has 4 bridgehead atoms. The second-order valence-electron chi connectivity index (χ2n) is 12.3. The van der Waals surface area contributed by atoms with Crippen LogP contribution in [0.3, 0.4) is 0 Å². The average Bonchev–Trinajstić information content (AvgIpc) is 3.12. The van der Waals surface area contributed by atoms with Crippen molar-refractivity contribution in [3.63, 3.8) is 0 Å². The smallest absolute Gasteiger partial charge is 0.338 e. The Morgan fingerprint density at radius 2 is 1.65 bits per heavy atom. The summed E-state index contributed by atoms with van der Waals surface area (Å²) in [6.07, 6.45) is -6.90. The van der Waals surface area contributed by atoms with E-state index in [0.717, 1.165) is 37.5 Å². The van der Waals surface area contributed by atoms with Gasteiger partial charge in [-0.3, -0.25) is 4.79 Å². The highest BCUT2D eigenvalue weighted by atomic mass is 16.7. The third-order valence-electron chi connectivity index (χ3n) is 9.49. The van der Waals surface area contributed by atoms with Crippen LogP contribution in [-0.2, 0) is 19.1 Å². The fraction of sp³-hybridized carbons (Fsp3) is 0.704. The van der Waals surface area contributed by atoms with Gasteiger partial charge in [0.2, 0.25) is 6.29 Å². The molecule has 0 amide bonds. The maximum Gasteiger partial charge on any atom is 0.338 e. The van der Waals surface area contributed by atoms with E-state index >= 15 is 0 Å². The molecule has 1 saturated heterocycles. The van der Waals surface area contributed by atoms with Gasteiger partial charge in [0.1, 0.15) is 35.6 Å². The zero-order valence-electron chi connectivity index (χ0n) is 21.4. The second kappa shape index (κ2) is 8.83. The molecule has 1 aromatic rings. The highest BCUT2D eigenvalue weighted by molar-refractivity contribution is 5.93. The van der Waals surface area contributed by atoms with Gasteiger partial charge >= 0.3 is 5.97 Å². The summed E-state index contributed by atoms with van der Waals surface area (Å²) in [5.41, 5.74) is -0.0813. The first-order valence-electron chi connectivity index (χ1n) is 12.9. The van der Waals surface area contributed by atoms with Gasteiger partial charge in [0, 0.05) is 30.0 Å². The summed E-state index contributed by atoms with van der Waals surface area (Å²) in [6, 6.07) is 3.34. The first-order chi connectivity index (χ1) is 17.2. The molecule has 3 aliphatic carbocycles. The van der Waals surface area contributed by atoms with Gasteiger partial charge in [-0.05, 0) is 41.9 Å². The SMILES string of the molecule is CC1C2C(OC(=O)C3OC(Oc4cc(O)cc(O)c4)C(O)C(O)C3O)C(=O)C3C2CC(C)(C)CCC13C. The number of aliphatic hydroxyl groups excluding tert-OH is 3. The molecular formula is C27H36O10. The lowest BCUT2D eigenvalue weighted by Gasteiger charge is -2.43. The Labute approximate surface area is 215 Å². The zero-order chi connectivity index (χ0) is 27.0. The number of esters is 1. The van der Waals surface area contributed by atoms with E-state index in [2.05, 4.69) is 27.7 Å². The van der Waals surface area contributed by atoms with Crippen molar-refractivity contribution >= 4 is 11.8 Å².